The summed E-state index contributed by atoms with van der Waals surface area (Å²) in [7, 11) is 0. The normalized spacial score (nSPS) is 33.6. The number of nitrogens with one attached hydrogen (secondary N) is 3. The maximum Gasteiger partial charge on any atom is 0.258 e. The summed E-state index contributed by atoms with van der Waals surface area (Å²) in [6.45, 7) is 1.87. The van der Waals surface area contributed by atoms with Crippen molar-refractivity contribution < 1.29 is 19.2 Å². The number of benzene rings is 1. The molecule has 1 aliphatic heterocycles. The summed E-state index contributed by atoms with van der Waals surface area (Å²) in [4.78, 5) is 29.7. The highest BCUT2D eigenvalue weighted by atomic mass is 35.5. The van der Waals surface area contributed by atoms with Crippen LogP contribution in [0, 0.1) is 0 Å². The van der Waals surface area contributed by atoms with Gasteiger partial charge in [0.15, 0.2) is 12.7 Å². The fourth-order valence-corrected chi connectivity index (χ4v) is 4.51. The molecule has 0 aromatic heterocycles. The zero-order valence-electron chi connectivity index (χ0n) is 14.8. The smallest absolute Gasteiger partial charge is 0.258 e. The second-order valence-corrected chi connectivity index (χ2v) is 8.67. The number of hydroxylamine groups is 1. The molecule has 1 aromatic carbocycles. The highest BCUT2D eigenvalue weighted by molar-refractivity contribution is 6.42. The molecule has 1 heterocycles. The fourth-order valence-electron chi connectivity index (χ4n) is 4.22. The summed E-state index contributed by atoms with van der Waals surface area (Å²) in [6, 6.07) is 5.03. The molecule has 1 aromatic rings. The first-order valence-corrected chi connectivity index (χ1v) is 9.66. The average molecular weight is 414 g/mol. The second-order valence-electron chi connectivity index (χ2n) is 7.85. The van der Waals surface area contributed by atoms with Gasteiger partial charge in [0.1, 0.15) is 5.75 Å². The fraction of sp³-hybridized carbons (Fsp3) is 0.556. The van der Waals surface area contributed by atoms with Gasteiger partial charge in [-0.3, -0.25) is 14.4 Å². The third-order valence-corrected chi connectivity index (χ3v) is 6.09. The predicted molar refractivity (Wildman–Crippen MR) is 99.6 cm³/mol. The molecule has 0 spiro atoms. The molecular formula is C18H21Cl2N3O4. The van der Waals surface area contributed by atoms with Crippen molar-refractivity contribution in [3.63, 3.8) is 0 Å². The molecule has 27 heavy (non-hydrogen) atoms. The molecule has 3 aliphatic carbocycles. The summed E-state index contributed by atoms with van der Waals surface area (Å²) in [5.74, 6) is 0.201. The number of carbonyl (C=O) groups excluding carboxylic acids is 2. The molecule has 4 fully saturated rings. The van der Waals surface area contributed by atoms with Gasteiger partial charge in [0.25, 0.3) is 11.8 Å². The van der Waals surface area contributed by atoms with Crippen molar-refractivity contribution in [2.75, 3.05) is 6.61 Å². The van der Waals surface area contributed by atoms with E-state index in [1.165, 1.54) is 0 Å². The molecule has 2 amide bonds. The Morgan fingerprint density at radius 3 is 2.56 bits per heavy atom. The topological polar surface area (TPSA) is 88.7 Å². The Morgan fingerprint density at radius 1 is 1.22 bits per heavy atom. The molecule has 1 saturated heterocycles. The quantitative estimate of drug-likeness (QED) is 0.663. The Balaban J connectivity index is 1.20. The SMILES string of the molecule is CC1CC(C(=O)NC23CC(NC(=O)COc4ccc(Cl)c(Cl)c4)(C2)C3)ON1. The third kappa shape index (κ3) is 3.74. The lowest BCUT2D eigenvalue weighted by Gasteiger charge is -2.70. The van der Waals surface area contributed by atoms with Gasteiger partial charge >= 0.3 is 0 Å². The average Bonchev–Trinajstić information content (AvgIpc) is 2.99. The Hall–Kier alpha value is -1.54. The van der Waals surface area contributed by atoms with Crippen LogP contribution in [0.5, 0.6) is 5.75 Å². The Bertz CT molecular complexity index is 768. The molecule has 146 valence electrons. The third-order valence-electron chi connectivity index (χ3n) is 5.36. The van der Waals surface area contributed by atoms with E-state index in [0.29, 0.717) is 22.2 Å². The number of hydrogen-bond acceptors (Lipinski definition) is 5. The molecule has 2 bridgehead atoms. The monoisotopic (exact) mass is 413 g/mol. The zero-order chi connectivity index (χ0) is 19.2. The van der Waals surface area contributed by atoms with Crippen LogP contribution in [0.3, 0.4) is 0 Å². The first-order chi connectivity index (χ1) is 12.8. The number of halogens is 2. The van der Waals surface area contributed by atoms with E-state index in [1.54, 1.807) is 18.2 Å². The van der Waals surface area contributed by atoms with Gasteiger partial charge in [0.05, 0.1) is 10.0 Å². The van der Waals surface area contributed by atoms with Crippen molar-refractivity contribution in [1.82, 2.24) is 16.1 Å². The van der Waals surface area contributed by atoms with Crippen LogP contribution in [0.25, 0.3) is 0 Å². The maximum atomic E-state index is 12.3. The van der Waals surface area contributed by atoms with Crippen LogP contribution in [-0.2, 0) is 14.4 Å². The lowest BCUT2D eigenvalue weighted by atomic mass is 9.44. The van der Waals surface area contributed by atoms with Crippen molar-refractivity contribution >= 4 is 35.0 Å². The molecule has 7 nitrogen and oxygen atoms in total. The van der Waals surface area contributed by atoms with E-state index in [-0.39, 0.29) is 35.5 Å². The van der Waals surface area contributed by atoms with Gasteiger partial charge in [0, 0.05) is 29.6 Å². The van der Waals surface area contributed by atoms with Gasteiger partial charge in [-0.05, 0) is 38.3 Å². The van der Waals surface area contributed by atoms with E-state index >= 15 is 0 Å². The van der Waals surface area contributed by atoms with Crippen molar-refractivity contribution in [2.24, 2.45) is 0 Å². The zero-order valence-corrected chi connectivity index (χ0v) is 16.3. The molecule has 3 N–H and O–H groups in total. The van der Waals surface area contributed by atoms with Crippen molar-refractivity contribution in [3.8, 4) is 5.75 Å². The highest BCUT2D eigenvalue weighted by Gasteiger charge is 2.69. The molecule has 9 heteroatoms. The lowest BCUT2D eigenvalue weighted by molar-refractivity contribution is -0.156. The molecule has 4 aliphatic rings. The summed E-state index contributed by atoms with van der Waals surface area (Å²) >= 11 is 11.8. The Morgan fingerprint density at radius 2 is 1.93 bits per heavy atom. The minimum absolute atomic E-state index is 0.0885. The van der Waals surface area contributed by atoms with Crippen molar-refractivity contribution in [2.45, 2.75) is 55.8 Å². The van der Waals surface area contributed by atoms with Gasteiger partial charge in [0.2, 0.25) is 0 Å². The van der Waals surface area contributed by atoms with Gasteiger partial charge in [-0.15, -0.1) is 0 Å². The number of hydrogen-bond donors (Lipinski definition) is 3. The number of rotatable bonds is 6. The van der Waals surface area contributed by atoms with E-state index in [0.717, 1.165) is 19.3 Å². The van der Waals surface area contributed by atoms with Crippen LogP contribution in [0.1, 0.15) is 32.6 Å². The Labute approximate surface area is 167 Å². The maximum absolute atomic E-state index is 12.3. The van der Waals surface area contributed by atoms with Crippen LogP contribution >= 0.6 is 23.2 Å². The standard InChI is InChI=1S/C18H21Cl2N3O4/c1-10-4-14(27-23-10)16(25)22-18-7-17(8-18,9-18)21-15(24)6-26-11-2-3-12(19)13(20)5-11/h2-3,5,10,14,23H,4,6-9H2,1H3,(H,21,24)(H,22,25). The second kappa shape index (κ2) is 6.81. The first-order valence-electron chi connectivity index (χ1n) is 8.90. The summed E-state index contributed by atoms with van der Waals surface area (Å²) in [5, 5.41) is 6.90. The number of amides is 2. The van der Waals surface area contributed by atoms with E-state index in [1.807, 2.05) is 6.92 Å². The van der Waals surface area contributed by atoms with E-state index in [9.17, 15) is 9.59 Å². The van der Waals surface area contributed by atoms with E-state index < -0.39 is 6.10 Å². The Kier molecular flexibility index (Phi) is 4.74. The number of ether oxygens (including phenoxy) is 1. The molecule has 5 rings (SSSR count). The van der Waals surface area contributed by atoms with E-state index in [2.05, 4.69) is 16.1 Å². The van der Waals surface area contributed by atoms with Gasteiger partial charge < -0.3 is 15.4 Å². The predicted octanol–water partition coefficient (Wildman–Crippen LogP) is 1.96. The van der Waals surface area contributed by atoms with Gasteiger partial charge in [-0.25, -0.2) is 0 Å². The minimum atomic E-state index is -0.445. The lowest BCUT2D eigenvalue weighted by Crippen LogP contribution is -2.84. The summed E-state index contributed by atoms with van der Waals surface area (Å²) in [5.41, 5.74) is 2.37. The summed E-state index contributed by atoms with van der Waals surface area (Å²) < 4.78 is 5.45. The number of carbonyl (C=O) groups is 2. The van der Waals surface area contributed by atoms with Crippen LogP contribution in [0.4, 0.5) is 0 Å². The van der Waals surface area contributed by atoms with Crippen LogP contribution in [0.2, 0.25) is 10.0 Å². The van der Waals surface area contributed by atoms with Crippen LogP contribution in [0.15, 0.2) is 18.2 Å². The molecule has 0 radical (unpaired) electrons. The highest BCUT2D eigenvalue weighted by Crippen LogP contribution is 2.60. The van der Waals surface area contributed by atoms with Crippen molar-refractivity contribution in [3.05, 3.63) is 28.2 Å². The van der Waals surface area contributed by atoms with Gasteiger partial charge in [-0.1, -0.05) is 23.2 Å². The molecule has 2 atom stereocenters. The van der Waals surface area contributed by atoms with Crippen LogP contribution < -0.4 is 20.9 Å². The molecular weight excluding hydrogens is 393 g/mol. The van der Waals surface area contributed by atoms with Gasteiger partial charge in [-0.2, -0.15) is 5.48 Å². The van der Waals surface area contributed by atoms with E-state index in [4.69, 9.17) is 32.8 Å². The van der Waals surface area contributed by atoms with Crippen molar-refractivity contribution in [1.29, 1.82) is 0 Å². The van der Waals surface area contributed by atoms with Crippen LogP contribution in [-0.4, -0.2) is 41.6 Å². The minimum Gasteiger partial charge on any atom is -0.484 e. The molecule has 3 saturated carbocycles. The first kappa shape index (κ1) is 18.8. The molecule has 2 unspecified atom stereocenters. The largest absolute Gasteiger partial charge is 0.484 e. The summed E-state index contributed by atoms with van der Waals surface area (Å²) in [6.07, 6.45) is 2.43.